The SMILES string of the molecule is O=C(NCC#CCOc1cccc2ccccc12)c1cc(C(F)(F)F)cc(C(F)(F)F)c1. The molecule has 0 radical (unpaired) electrons. The Balaban J connectivity index is 1.62. The topological polar surface area (TPSA) is 38.3 Å². The van der Waals surface area contributed by atoms with E-state index in [0.29, 0.717) is 17.9 Å². The van der Waals surface area contributed by atoms with Crippen molar-refractivity contribution in [2.75, 3.05) is 13.2 Å². The minimum atomic E-state index is -5.03. The molecule has 1 amide bonds. The van der Waals surface area contributed by atoms with Gasteiger partial charge in [-0.15, -0.1) is 0 Å². The summed E-state index contributed by atoms with van der Waals surface area (Å²) in [6.45, 7) is -0.305. The van der Waals surface area contributed by atoms with Crippen LogP contribution in [0.15, 0.2) is 60.7 Å². The van der Waals surface area contributed by atoms with Crippen LogP contribution < -0.4 is 10.1 Å². The highest BCUT2D eigenvalue weighted by molar-refractivity contribution is 5.94. The molecule has 3 aromatic carbocycles. The Morgan fingerprint density at radius 2 is 1.47 bits per heavy atom. The van der Waals surface area contributed by atoms with Gasteiger partial charge in [0, 0.05) is 10.9 Å². The number of carbonyl (C=O) groups excluding carboxylic acids is 1. The number of alkyl halides is 6. The fourth-order valence-corrected chi connectivity index (χ4v) is 2.86. The summed E-state index contributed by atoms with van der Waals surface area (Å²) in [6, 6.07) is 13.7. The number of nitrogens with one attached hydrogen (secondary N) is 1. The third kappa shape index (κ3) is 5.72. The average Bonchev–Trinajstić information content (AvgIpc) is 2.74. The van der Waals surface area contributed by atoms with Gasteiger partial charge in [0.2, 0.25) is 0 Å². The molecule has 166 valence electrons. The van der Waals surface area contributed by atoms with Crippen LogP contribution in [0.3, 0.4) is 0 Å². The number of fused-ring (bicyclic) bond motifs is 1. The summed E-state index contributed by atoms with van der Waals surface area (Å²) >= 11 is 0. The molecule has 3 rings (SSSR count). The van der Waals surface area contributed by atoms with Crippen LogP contribution in [0.2, 0.25) is 0 Å². The average molecular weight is 451 g/mol. The van der Waals surface area contributed by atoms with Gasteiger partial charge in [0.25, 0.3) is 5.91 Å². The lowest BCUT2D eigenvalue weighted by molar-refractivity contribution is -0.143. The van der Waals surface area contributed by atoms with Crippen LogP contribution in [0.5, 0.6) is 5.75 Å². The molecular weight excluding hydrogens is 436 g/mol. The molecule has 0 saturated heterocycles. The number of amides is 1. The van der Waals surface area contributed by atoms with Crippen molar-refractivity contribution in [3.05, 3.63) is 77.4 Å². The second-order valence-electron chi connectivity index (χ2n) is 6.60. The van der Waals surface area contributed by atoms with Crippen LogP contribution >= 0.6 is 0 Å². The van der Waals surface area contributed by atoms with E-state index in [1.807, 2.05) is 36.4 Å². The van der Waals surface area contributed by atoms with Crippen molar-refractivity contribution in [1.29, 1.82) is 0 Å². The van der Waals surface area contributed by atoms with Crippen LogP contribution in [-0.2, 0) is 12.4 Å². The minimum absolute atomic E-state index is 0.0222. The van der Waals surface area contributed by atoms with Crippen LogP contribution in [0, 0.1) is 11.8 Å². The summed E-state index contributed by atoms with van der Waals surface area (Å²) in [5.74, 6) is 4.67. The summed E-state index contributed by atoms with van der Waals surface area (Å²) in [7, 11) is 0. The first kappa shape index (κ1) is 23.0. The van der Waals surface area contributed by atoms with Gasteiger partial charge in [-0.2, -0.15) is 26.3 Å². The van der Waals surface area contributed by atoms with Gasteiger partial charge < -0.3 is 10.1 Å². The standard InChI is InChI=1S/C23H15F6NO2/c24-22(25,26)17-12-16(13-18(14-17)23(27,28)29)21(31)30-10-3-4-11-32-20-9-5-7-15-6-1-2-8-19(15)20/h1-2,5-9,12-14H,10-11H2,(H,30,31). The Morgan fingerprint density at radius 3 is 2.12 bits per heavy atom. The van der Waals surface area contributed by atoms with E-state index in [4.69, 9.17) is 4.74 Å². The van der Waals surface area contributed by atoms with Gasteiger partial charge in [-0.3, -0.25) is 4.79 Å². The molecule has 0 aliphatic heterocycles. The van der Waals surface area contributed by atoms with Crippen LogP contribution in [0.1, 0.15) is 21.5 Å². The number of hydrogen-bond donors (Lipinski definition) is 1. The van der Waals surface area contributed by atoms with E-state index in [9.17, 15) is 31.1 Å². The lowest BCUT2D eigenvalue weighted by Gasteiger charge is -2.13. The first-order valence-electron chi connectivity index (χ1n) is 9.19. The molecule has 0 aromatic heterocycles. The van der Waals surface area contributed by atoms with E-state index >= 15 is 0 Å². The fraction of sp³-hybridized carbons (Fsp3) is 0.174. The van der Waals surface area contributed by atoms with E-state index in [1.54, 1.807) is 6.07 Å². The minimum Gasteiger partial charge on any atom is -0.480 e. The largest absolute Gasteiger partial charge is 0.480 e. The van der Waals surface area contributed by atoms with Crippen LogP contribution in [0.25, 0.3) is 10.8 Å². The third-order valence-electron chi connectivity index (χ3n) is 4.36. The van der Waals surface area contributed by atoms with E-state index in [0.717, 1.165) is 10.8 Å². The first-order valence-corrected chi connectivity index (χ1v) is 9.19. The van der Waals surface area contributed by atoms with Gasteiger partial charge in [0.15, 0.2) is 0 Å². The second kappa shape index (κ2) is 9.22. The maximum atomic E-state index is 12.9. The number of hydrogen-bond acceptors (Lipinski definition) is 2. The molecule has 0 fully saturated rings. The summed E-state index contributed by atoms with van der Waals surface area (Å²) in [5, 5.41) is 4.04. The van der Waals surface area contributed by atoms with Crippen LogP contribution in [0.4, 0.5) is 26.3 Å². The van der Waals surface area contributed by atoms with Gasteiger partial charge in [0.05, 0.1) is 17.7 Å². The zero-order chi connectivity index (χ0) is 23.4. The molecule has 0 heterocycles. The Labute approximate surface area is 179 Å². The number of rotatable bonds is 4. The molecule has 0 aliphatic rings. The summed E-state index contributed by atoms with van der Waals surface area (Å²) in [4.78, 5) is 12.1. The van der Waals surface area contributed by atoms with Gasteiger partial charge >= 0.3 is 12.4 Å². The summed E-state index contributed by atoms with van der Waals surface area (Å²) in [6.07, 6.45) is -10.1. The number of carbonyl (C=O) groups is 1. The van der Waals surface area contributed by atoms with Crippen molar-refractivity contribution in [1.82, 2.24) is 5.32 Å². The van der Waals surface area contributed by atoms with Gasteiger partial charge in [0.1, 0.15) is 12.4 Å². The van der Waals surface area contributed by atoms with Crippen molar-refractivity contribution >= 4 is 16.7 Å². The van der Waals surface area contributed by atoms with Crippen molar-refractivity contribution in [3.63, 3.8) is 0 Å². The highest BCUT2D eigenvalue weighted by atomic mass is 19.4. The molecule has 0 aliphatic carbocycles. The molecule has 1 N–H and O–H groups in total. The number of benzene rings is 3. The smallest absolute Gasteiger partial charge is 0.416 e. The van der Waals surface area contributed by atoms with Crippen molar-refractivity contribution in [2.24, 2.45) is 0 Å². The number of halogens is 6. The molecular formula is C23H15F6NO2. The highest BCUT2D eigenvalue weighted by Gasteiger charge is 2.37. The molecule has 9 heteroatoms. The van der Waals surface area contributed by atoms with Gasteiger partial charge in [-0.1, -0.05) is 48.2 Å². The fourth-order valence-electron chi connectivity index (χ4n) is 2.86. The lowest BCUT2D eigenvalue weighted by Crippen LogP contribution is -2.25. The van der Waals surface area contributed by atoms with E-state index in [2.05, 4.69) is 17.2 Å². The maximum Gasteiger partial charge on any atom is 0.416 e. The van der Waals surface area contributed by atoms with Gasteiger partial charge in [-0.25, -0.2) is 0 Å². The quantitative estimate of drug-likeness (QED) is 0.409. The number of ether oxygens (including phenoxy) is 1. The summed E-state index contributed by atoms with van der Waals surface area (Å²) < 4.78 is 82.9. The van der Waals surface area contributed by atoms with Crippen molar-refractivity contribution in [3.8, 4) is 17.6 Å². The predicted octanol–water partition coefficient (Wildman–Crippen LogP) is 5.69. The zero-order valence-electron chi connectivity index (χ0n) is 16.3. The predicted molar refractivity (Wildman–Crippen MR) is 106 cm³/mol. The Hall–Kier alpha value is -3.67. The Kier molecular flexibility index (Phi) is 6.63. The van der Waals surface area contributed by atoms with E-state index in [-0.39, 0.29) is 19.2 Å². The Morgan fingerprint density at radius 1 is 0.844 bits per heavy atom. The zero-order valence-corrected chi connectivity index (χ0v) is 16.3. The molecule has 0 unspecified atom stereocenters. The highest BCUT2D eigenvalue weighted by Crippen LogP contribution is 2.36. The maximum absolute atomic E-state index is 12.9. The summed E-state index contributed by atoms with van der Waals surface area (Å²) in [5.41, 5.74) is -3.89. The first-order chi connectivity index (χ1) is 15.1. The molecule has 3 aromatic rings. The normalized spacial score (nSPS) is 11.6. The molecule has 3 nitrogen and oxygen atoms in total. The second-order valence-corrected chi connectivity index (χ2v) is 6.60. The monoisotopic (exact) mass is 451 g/mol. The third-order valence-corrected chi connectivity index (χ3v) is 4.36. The molecule has 32 heavy (non-hydrogen) atoms. The molecule has 0 bridgehead atoms. The van der Waals surface area contributed by atoms with Crippen LogP contribution in [-0.4, -0.2) is 19.1 Å². The van der Waals surface area contributed by atoms with E-state index < -0.39 is 35.0 Å². The Bertz CT molecular complexity index is 1150. The lowest BCUT2D eigenvalue weighted by atomic mass is 10.0. The molecule has 0 spiro atoms. The van der Waals surface area contributed by atoms with Crippen molar-refractivity contribution < 1.29 is 35.9 Å². The van der Waals surface area contributed by atoms with Crippen molar-refractivity contribution in [2.45, 2.75) is 12.4 Å². The van der Waals surface area contributed by atoms with E-state index in [1.165, 1.54) is 0 Å². The molecule has 0 saturated carbocycles. The molecule has 0 atom stereocenters. The van der Waals surface area contributed by atoms with Gasteiger partial charge in [-0.05, 0) is 29.7 Å².